The molecule has 21 nitrogen and oxygen atoms in total. The summed E-state index contributed by atoms with van der Waals surface area (Å²) >= 11 is 0. The van der Waals surface area contributed by atoms with E-state index in [9.17, 15) is 30.1 Å². The Morgan fingerprint density at radius 3 is 0.457 bits per heavy atom. The second kappa shape index (κ2) is 16.1. The van der Waals surface area contributed by atoms with Crippen molar-refractivity contribution >= 4 is 87.9 Å². The van der Waals surface area contributed by atoms with E-state index in [1.807, 2.05) is 0 Å². The SMILES string of the molecule is [Dy+3].[Dy+3].[O-]B1OB2OB([O-])OB(O1)O2.[O-]B1OB2OB([O-])OB(O1)O2.[O-]B1OB2OB([O-])OB(O1)O2. The van der Waals surface area contributed by atoms with Crippen molar-refractivity contribution in [1.82, 2.24) is 0 Å². The molecule has 0 amide bonds. The molecule has 6 fully saturated rings. The van der Waals surface area contributed by atoms with Gasteiger partial charge in [0.1, 0.15) is 0 Å². The van der Waals surface area contributed by atoms with Gasteiger partial charge in [-0.05, 0) is 0 Å². The Kier molecular flexibility index (Phi) is 15.5. The molecule has 0 unspecified atom stereocenters. The second-order valence-corrected chi connectivity index (χ2v) is 5.51. The topological polar surface area (TPSA) is 277 Å². The minimum absolute atomic E-state index is 0. The van der Waals surface area contributed by atoms with E-state index in [4.69, 9.17) is 0 Å². The molecule has 6 saturated heterocycles. The molecule has 6 aliphatic heterocycles. The van der Waals surface area contributed by atoms with Crippen LogP contribution in [0.3, 0.4) is 0 Å². The van der Waals surface area contributed by atoms with Crippen LogP contribution >= 0.6 is 0 Å². The fourth-order valence-corrected chi connectivity index (χ4v) is 2.13. The van der Waals surface area contributed by atoms with Gasteiger partial charge in [0.05, 0.1) is 0 Å². The summed E-state index contributed by atoms with van der Waals surface area (Å²) in [6.07, 6.45) is 0. The van der Waals surface area contributed by atoms with E-state index in [2.05, 4.69) is 68.6 Å². The van der Waals surface area contributed by atoms with Crippen LogP contribution in [-0.2, 0) is 68.6 Å². The fraction of sp³-hybridized carbons (Fsp3) is 0. The summed E-state index contributed by atoms with van der Waals surface area (Å²) in [5.41, 5.74) is 0. The summed E-state index contributed by atoms with van der Waals surface area (Å²) < 4.78 is 65.6. The normalized spacial score (nSPS) is 23.1. The Morgan fingerprint density at radius 2 is 0.343 bits per heavy atom. The molecule has 0 aromatic rings. The van der Waals surface area contributed by atoms with Crippen molar-refractivity contribution in [3.05, 3.63) is 0 Å². The molecule has 35 heteroatoms. The molecule has 0 spiro atoms. The van der Waals surface area contributed by atoms with Gasteiger partial charge in [-0.3, -0.25) is 0 Å². The summed E-state index contributed by atoms with van der Waals surface area (Å²) in [5.74, 6) is 0. The maximum atomic E-state index is 10.5. The van der Waals surface area contributed by atoms with Gasteiger partial charge in [0.25, 0.3) is 0 Å². The zero-order valence-electron chi connectivity index (χ0n) is 16.1. The van der Waals surface area contributed by atoms with Gasteiger partial charge < -0.3 is 98.7 Å². The summed E-state index contributed by atoms with van der Waals surface area (Å²) in [7, 11) is -18.0. The third-order valence-electron chi connectivity index (χ3n) is 3.33. The first-order valence-corrected chi connectivity index (χ1v) is 8.49. The van der Waals surface area contributed by atoms with Crippen molar-refractivity contribution in [2.75, 3.05) is 0 Å². The molecule has 6 heterocycles. The smallest absolute Gasteiger partial charge is 0.833 e. The van der Waals surface area contributed by atoms with Gasteiger partial charge >= 0.3 is 164 Å². The molecule has 6 bridgehead atoms. The predicted molar refractivity (Wildman–Crippen MR) is 85.3 cm³/mol. The Bertz CT molecular complexity index is 439. The molecular weight excluding hydrogens is 791 g/mol. The van der Waals surface area contributed by atoms with Gasteiger partial charge in [-0.1, -0.05) is 0 Å². The largest absolute Gasteiger partial charge is 3.00 e. The predicted octanol–water partition coefficient (Wildman–Crippen LogP) is -12.7. The molecule has 35 heavy (non-hydrogen) atoms. The van der Waals surface area contributed by atoms with Crippen LogP contribution in [0.5, 0.6) is 0 Å². The minimum atomic E-state index is -1.73. The second-order valence-electron chi connectivity index (χ2n) is 5.51. The number of hydrogen-bond acceptors (Lipinski definition) is 21. The molecule has 0 aromatic carbocycles. The summed E-state index contributed by atoms with van der Waals surface area (Å²) in [5, 5.41) is 62.9. The van der Waals surface area contributed by atoms with Crippen molar-refractivity contribution in [3.63, 3.8) is 0 Å². The molecule has 182 valence electrons. The fourth-order valence-electron chi connectivity index (χ4n) is 2.13. The molecule has 6 rings (SSSR count). The monoisotopic (exact) mass is 796 g/mol. The van der Waals surface area contributed by atoms with E-state index in [1.165, 1.54) is 0 Å². The zero-order valence-corrected chi connectivity index (χ0v) is 20.2. The minimum Gasteiger partial charge on any atom is -0.833 e. The van der Waals surface area contributed by atoms with Gasteiger partial charge in [-0.25, -0.2) is 0 Å². The maximum absolute atomic E-state index is 10.5. The van der Waals surface area contributed by atoms with Crippen LogP contribution in [0.2, 0.25) is 0 Å². The first-order valence-electron chi connectivity index (χ1n) is 8.49. The molecular formula is B12Dy2O21. The quantitative estimate of drug-likeness (QED) is 0.206. The van der Waals surface area contributed by atoms with E-state index < -0.39 is 87.9 Å². The van der Waals surface area contributed by atoms with Gasteiger partial charge in [-0.15, -0.1) is 0 Å². The molecule has 0 saturated carbocycles. The standard InChI is InChI=1S/3B4O7.2Dy/c3*5-1-7-3-9-2(6)10-4(8-1)11-3;;/q3*-2;2*+3. The van der Waals surface area contributed by atoms with Crippen molar-refractivity contribution in [3.8, 4) is 0 Å². The Morgan fingerprint density at radius 1 is 0.229 bits per heavy atom. The van der Waals surface area contributed by atoms with Gasteiger partial charge in [0.15, 0.2) is 0 Å². The Hall–Kier alpha value is 2.48. The van der Waals surface area contributed by atoms with E-state index in [0.717, 1.165) is 0 Å². The van der Waals surface area contributed by atoms with Crippen LogP contribution in [0.4, 0.5) is 0 Å². The van der Waals surface area contributed by atoms with Crippen molar-refractivity contribution in [2.24, 2.45) is 0 Å². The van der Waals surface area contributed by atoms with Crippen molar-refractivity contribution in [1.29, 1.82) is 0 Å². The Balaban J connectivity index is 0.000000180. The third-order valence-corrected chi connectivity index (χ3v) is 3.33. The molecule has 0 N–H and O–H groups in total. The van der Waals surface area contributed by atoms with Gasteiger partial charge in [0.2, 0.25) is 0 Å². The first-order chi connectivity index (χ1) is 15.7. The van der Waals surface area contributed by atoms with Gasteiger partial charge in [-0.2, -0.15) is 0 Å². The van der Waals surface area contributed by atoms with E-state index in [-0.39, 0.29) is 76.3 Å². The first kappa shape index (κ1) is 33.7. The van der Waals surface area contributed by atoms with Crippen molar-refractivity contribution < 1.29 is 175 Å². The Labute approximate surface area is 260 Å². The number of fused-ring (bicyclic) bond motifs is 6. The van der Waals surface area contributed by atoms with E-state index in [1.54, 1.807) is 0 Å². The summed E-state index contributed by atoms with van der Waals surface area (Å²) in [6, 6.07) is 0. The van der Waals surface area contributed by atoms with Gasteiger partial charge in [0, 0.05) is 0 Å². The number of rotatable bonds is 0. The van der Waals surface area contributed by atoms with E-state index in [0.29, 0.717) is 0 Å². The molecule has 0 atom stereocenters. The molecule has 0 aromatic heterocycles. The summed E-state index contributed by atoms with van der Waals surface area (Å²) in [6.45, 7) is 0. The molecule has 0 aliphatic carbocycles. The molecule has 6 aliphatic rings. The van der Waals surface area contributed by atoms with Crippen LogP contribution in [0.25, 0.3) is 0 Å². The average molecular weight is 791 g/mol. The molecule has 2 radical (unpaired) electrons. The van der Waals surface area contributed by atoms with Crippen LogP contribution < -0.4 is 30.1 Å². The van der Waals surface area contributed by atoms with Crippen LogP contribution in [-0.4, -0.2) is 87.9 Å². The summed E-state index contributed by atoms with van der Waals surface area (Å²) in [4.78, 5) is 0. The third kappa shape index (κ3) is 11.1. The van der Waals surface area contributed by atoms with Crippen LogP contribution in [0, 0.1) is 76.3 Å². The van der Waals surface area contributed by atoms with Crippen LogP contribution in [0.1, 0.15) is 0 Å². The zero-order chi connectivity index (χ0) is 23.5. The maximum Gasteiger partial charge on any atom is 3.00 e. The van der Waals surface area contributed by atoms with E-state index >= 15 is 0 Å². The average Bonchev–Trinajstić information content (AvgIpc) is 2.65. The number of hydrogen-bond donors (Lipinski definition) is 0. The van der Waals surface area contributed by atoms with Crippen LogP contribution in [0.15, 0.2) is 0 Å². The van der Waals surface area contributed by atoms with Crippen molar-refractivity contribution in [2.45, 2.75) is 0 Å².